The zero-order chi connectivity index (χ0) is 12.3. The summed E-state index contributed by atoms with van der Waals surface area (Å²) in [7, 11) is 0. The zero-order valence-corrected chi connectivity index (χ0v) is 9.77. The van der Waals surface area contributed by atoms with Crippen LogP contribution in [-0.2, 0) is 0 Å². The lowest BCUT2D eigenvalue weighted by Crippen LogP contribution is -2.39. The Bertz CT molecular complexity index is 156. The van der Waals surface area contributed by atoms with Gasteiger partial charge in [-0.1, -0.05) is 0 Å². The normalized spacial score (nSPS) is 12.0. The van der Waals surface area contributed by atoms with E-state index in [0.29, 0.717) is 13.1 Å². The smallest absolute Gasteiger partial charge is 0.272 e. The fourth-order valence-corrected chi connectivity index (χ4v) is 1.20. The summed E-state index contributed by atoms with van der Waals surface area (Å²) < 4.78 is 25.3. The van der Waals surface area contributed by atoms with Gasteiger partial charge in [0.05, 0.1) is 13.1 Å². The largest absolute Gasteiger partial charge is 0.330 e. The number of hydrogen-bond donors (Lipinski definition) is 4. The van der Waals surface area contributed by atoms with Gasteiger partial charge < -0.3 is 22.1 Å². The number of nitrogens with one attached hydrogen (secondary N) is 2. The van der Waals surface area contributed by atoms with E-state index in [2.05, 4.69) is 10.6 Å². The lowest BCUT2D eigenvalue weighted by molar-refractivity contribution is 0.0120. The van der Waals surface area contributed by atoms with Crippen LogP contribution in [0.2, 0.25) is 0 Å². The predicted octanol–water partition coefficient (Wildman–Crippen LogP) is -0.111. The van der Waals surface area contributed by atoms with Crippen molar-refractivity contribution >= 4 is 0 Å². The van der Waals surface area contributed by atoms with Crippen molar-refractivity contribution in [2.24, 2.45) is 11.5 Å². The Morgan fingerprint density at radius 1 is 0.875 bits per heavy atom. The summed E-state index contributed by atoms with van der Waals surface area (Å²) in [5.74, 6) is -2.78. The van der Waals surface area contributed by atoms with E-state index in [1.165, 1.54) is 0 Å². The van der Waals surface area contributed by atoms with Gasteiger partial charge in [0.1, 0.15) is 0 Å². The Morgan fingerprint density at radius 2 is 1.44 bits per heavy atom. The van der Waals surface area contributed by atoms with Crippen molar-refractivity contribution in [3.05, 3.63) is 0 Å². The molecule has 0 aliphatic heterocycles. The van der Waals surface area contributed by atoms with Gasteiger partial charge in [0.2, 0.25) is 0 Å². The fourth-order valence-electron chi connectivity index (χ4n) is 1.20. The van der Waals surface area contributed by atoms with E-state index in [1.54, 1.807) is 0 Å². The molecule has 16 heavy (non-hydrogen) atoms. The third-order valence-electron chi connectivity index (χ3n) is 2.20. The Balaban J connectivity index is 3.10. The van der Waals surface area contributed by atoms with Gasteiger partial charge >= 0.3 is 0 Å². The van der Waals surface area contributed by atoms with E-state index in [9.17, 15) is 8.78 Å². The predicted molar refractivity (Wildman–Crippen MR) is 62.6 cm³/mol. The first kappa shape index (κ1) is 15.7. The topological polar surface area (TPSA) is 76.1 Å². The van der Waals surface area contributed by atoms with Crippen LogP contribution in [0.3, 0.4) is 0 Å². The van der Waals surface area contributed by atoms with Crippen LogP contribution in [0, 0.1) is 0 Å². The second-order valence-electron chi connectivity index (χ2n) is 3.84. The summed E-state index contributed by atoms with van der Waals surface area (Å²) in [5, 5.41) is 5.93. The number of rotatable bonds is 11. The van der Waals surface area contributed by atoms with Gasteiger partial charge in [0.25, 0.3) is 5.92 Å². The summed E-state index contributed by atoms with van der Waals surface area (Å²) >= 11 is 0. The van der Waals surface area contributed by atoms with Crippen LogP contribution in [0.1, 0.15) is 19.3 Å². The van der Waals surface area contributed by atoms with Crippen molar-refractivity contribution in [3.63, 3.8) is 0 Å². The molecule has 0 spiro atoms. The molecule has 6 N–H and O–H groups in total. The summed E-state index contributed by atoms with van der Waals surface area (Å²) in [4.78, 5) is 0. The number of nitrogens with two attached hydrogens (primary N) is 2. The highest BCUT2D eigenvalue weighted by atomic mass is 19.3. The minimum Gasteiger partial charge on any atom is -0.330 e. The Labute approximate surface area is 96.1 Å². The quantitative estimate of drug-likeness (QED) is 0.379. The SMILES string of the molecule is NCCCNCCCCNCC(F)(F)CN. The second kappa shape index (κ2) is 9.89. The average Bonchev–Trinajstić information content (AvgIpc) is 2.27. The molecule has 0 saturated heterocycles. The third kappa shape index (κ3) is 10.2. The van der Waals surface area contributed by atoms with E-state index in [1.807, 2.05) is 0 Å². The van der Waals surface area contributed by atoms with Crippen LogP contribution >= 0.6 is 0 Å². The molecule has 0 unspecified atom stereocenters. The number of alkyl halides is 2. The van der Waals surface area contributed by atoms with Gasteiger partial charge in [-0.3, -0.25) is 0 Å². The monoisotopic (exact) mass is 238 g/mol. The van der Waals surface area contributed by atoms with Gasteiger partial charge in [-0.25, -0.2) is 8.78 Å². The molecule has 0 saturated carbocycles. The summed E-state index contributed by atoms with van der Waals surface area (Å²) in [6.45, 7) is 2.21. The average molecular weight is 238 g/mol. The van der Waals surface area contributed by atoms with Crippen LogP contribution in [0.15, 0.2) is 0 Å². The second-order valence-corrected chi connectivity index (χ2v) is 3.84. The van der Waals surface area contributed by atoms with Crippen LogP contribution in [0.25, 0.3) is 0 Å². The van der Waals surface area contributed by atoms with E-state index in [-0.39, 0.29) is 6.54 Å². The van der Waals surface area contributed by atoms with E-state index < -0.39 is 12.5 Å². The molecule has 0 aliphatic rings. The molecule has 0 rings (SSSR count). The van der Waals surface area contributed by atoms with Crippen molar-refractivity contribution in [2.45, 2.75) is 25.2 Å². The molecule has 98 valence electrons. The van der Waals surface area contributed by atoms with Gasteiger partial charge in [0.15, 0.2) is 0 Å². The highest BCUT2D eigenvalue weighted by molar-refractivity contribution is 4.69. The lowest BCUT2D eigenvalue weighted by atomic mass is 10.3. The summed E-state index contributed by atoms with van der Waals surface area (Å²) in [6.07, 6.45) is 2.84. The summed E-state index contributed by atoms with van der Waals surface area (Å²) in [6, 6.07) is 0. The molecule has 0 radical (unpaired) electrons. The molecule has 0 fully saturated rings. The molecule has 0 amide bonds. The molecule has 0 bridgehead atoms. The highest BCUT2D eigenvalue weighted by Gasteiger charge is 2.25. The van der Waals surface area contributed by atoms with Gasteiger partial charge in [-0.2, -0.15) is 0 Å². The molecule has 0 aromatic heterocycles. The van der Waals surface area contributed by atoms with Crippen molar-refractivity contribution in [1.29, 1.82) is 0 Å². The van der Waals surface area contributed by atoms with Crippen LogP contribution in [0.4, 0.5) is 8.78 Å². The fraction of sp³-hybridized carbons (Fsp3) is 1.00. The van der Waals surface area contributed by atoms with Crippen molar-refractivity contribution in [3.8, 4) is 0 Å². The standard InChI is InChI=1S/C10H24F2N4/c11-10(12,8-14)9-16-6-2-1-5-15-7-3-4-13/h15-16H,1-9,13-14H2. The maximum absolute atomic E-state index is 12.7. The molecular weight excluding hydrogens is 214 g/mol. The van der Waals surface area contributed by atoms with Crippen molar-refractivity contribution in [2.75, 3.05) is 39.3 Å². The summed E-state index contributed by atoms with van der Waals surface area (Å²) in [5.41, 5.74) is 10.2. The van der Waals surface area contributed by atoms with Crippen molar-refractivity contribution in [1.82, 2.24) is 10.6 Å². The minimum atomic E-state index is -2.78. The van der Waals surface area contributed by atoms with Crippen LogP contribution in [0.5, 0.6) is 0 Å². The maximum Gasteiger partial charge on any atom is 0.272 e. The maximum atomic E-state index is 12.7. The number of halogens is 2. The molecule has 0 atom stereocenters. The first-order chi connectivity index (χ1) is 7.62. The molecule has 0 aliphatic carbocycles. The van der Waals surface area contributed by atoms with E-state index in [0.717, 1.165) is 32.4 Å². The molecule has 0 aromatic rings. The minimum absolute atomic E-state index is 0.329. The van der Waals surface area contributed by atoms with Crippen LogP contribution < -0.4 is 22.1 Å². The Hall–Kier alpha value is -0.300. The molecule has 4 nitrogen and oxygen atoms in total. The van der Waals surface area contributed by atoms with Gasteiger partial charge in [-0.15, -0.1) is 0 Å². The first-order valence-electron chi connectivity index (χ1n) is 5.82. The first-order valence-corrected chi connectivity index (χ1v) is 5.82. The Kier molecular flexibility index (Phi) is 9.71. The molecule has 0 heterocycles. The molecular formula is C10H24F2N4. The van der Waals surface area contributed by atoms with Gasteiger partial charge in [-0.05, 0) is 45.4 Å². The van der Waals surface area contributed by atoms with Crippen molar-refractivity contribution < 1.29 is 8.78 Å². The highest BCUT2D eigenvalue weighted by Crippen LogP contribution is 2.08. The molecule has 6 heteroatoms. The lowest BCUT2D eigenvalue weighted by Gasteiger charge is -2.14. The number of hydrogen-bond acceptors (Lipinski definition) is 4. The Morgan fingerprint density at radius 3 is 2.00 bits per heavy atom. The van der Waals surface area contributed by atoms with E-state index in [4.69, 9.17) is 11.5 Å². The van der Waals surface area contributed by atoms with Crippen LogP contribution in [-0.4, -0.2) is 45.2 Å². The number of unbranched alkanes of at least 4 members (excludes halogenated alkanes) is 1. The molecule has 0 aromatic carbocycles. The van der Waals surface area contributed by atoms with Gasteiger partial charge in [0, 0.05) is 0 Å². The zero-order valence-electron chi connectivity index (χ0n) is 9.77. The van der Waals surface area contributed by atoms with E-state index >= 15 is 0 Å². The third-order valence-corrected chi connectivity index (χ3v) is 2.20.